The first kappa shape index (κ1) is 13.5. The van der Waals surface area contributed by atoms with Crippen molar-refractivity contribution in [3.05, 3.63) is 29.3 Å². The zero-order valence-electron chi connectivity index (χ0n) is 10.7. The summed E-state index contributed by atoms with van der Waals surface area (Å²) in [6, 6.07) is 5.34. The fourth-order valence-corrected chi connectivity index (χ4v) is 1.76. The first-order valence-corrected chi connectivity index (χ1v) is 5.50. The van der Waals surface area contributed by atoms with Gasteiger partial charge in [0.05, 0.1) is 19.8 Å². The van der Waals surface area contributed by atoms with Crippen LogP contribution in [0.4, 0.5) is 0 Å². The van der Waals surface area contributed by atoms with Gasteiger partial charge >= 0.3 is 0 Å². The number of hydrogen-bond donors (Lipinski definition) is 1. The van der Waals surface area contributed by atoms with Crippen molar-refractivity contribution in [2.75, 3.05) is 20.8 Å². The van der Waals surface area contributed by atoms with E-state index in [9.17, 15) is 9.90 Å². The van der Waals surface area contributed by atoms with Crippen LogP contribution in [0.1, 0.15) is 24.1 Å². The Morgan fingerprint density at radius 3 is 2.65 bits per heavy atom. The number of rotatable bonds is 4. The minimum Gasteiger partial charge on any atom is -0.496 e. The molecule has 94 valence electrons. The number of aliphatic hydroxyl groups is 1. The quantitative estimate of drug-likeness (QED) is 0.863. The molecule has 4 nitrogen and oxygen atoms in total. The largest absolute Gasteiger partial charge is 0.496 e. The van der Waals surface area contributed by atoms with Gasteiger partial charge in [-0.25, -0.2) is 0 Å². The molecule has 0 heterocycles. The van der Waals surface area contributed by atoms with Gasteiger partial charge in [-0.1, -0.05) is 17.7 Å². The Morgan fingerprint density at radius 1 is 1.53 bits per heavy atom. The number of likely N-dealkylation sites (N-methyl/N-ethyl adjacent to an activating group) is 1. The summed E-state index contributed by atoms with van der Waals surface area (Å²) >= 11 is 0. The number of hydrogen-bond acceptors (Lipinski definition) is 3. The summed E-state index contributed by atoms with van der Waals surface area (Å²) in [4.78, 5) is 12.9. The highest BCUT2D eigenvalue weighted by Crippen LogP contribution is 2.29. The number of ether oxygens (including phenoxy) is 1. The molecular weight excluding hydrogens is 218 g/mol. The van der Waals surface area contributed by atoms with Gasteiger partial charge in [0.25, 0.3) is 0 Å². The third-order valence-corrected chi connectivity index (χ3v) is 2.88. The summed E-state index contributed by atoms with van der Waals surface area (Å²) in [5.74, 6) is 0.593. The lowest BCUT2D eigenvalue weighted by Gasteiger charge is -2.27. The van der Waals surface area contributed by atoms with Crippen molar-refractivity contribution in [3.8, 4) is 5.75 Å². The van der Waals surface area contributed by atoms with Crippen LogP contribution in [0.25, 0.3) is 0 Å². The molecule has 0 spiro atoms. The molecule has 1 atom stereocenters. The molecule has 1 unspecified atom stereocenters. The van der Waals surface area contributed by atoms with Gasteiger partial charge in [0.1, 0.15) is 5.75 Å². The first-order chi connectivity index (χ1) is 8.01. The fourth-order valence-electron chi connectivity index (χ4n) is 1.76. The van der Waals surface area contributed by atoms with E-state index < -0.39 is 0 Å². The van der Waals surface area contributed by atoms with Crippen molar-refractivity contribution in [1.82, 2.24) is 4.90 Å². The third kappa shape index (κ3) is 2.97. The minimum atomic E-state index is -0.373. The van der Waals surface area contributed by atoms with Crippen LogP contribution in [0.5, 0.6) is 5.75 Å². The van der Waals surface area contributed by atoms with E-state index in [0.717, 1.165) is 11.1 Å². The average molecular weight is 237 g/mol. The molecule has 1 aromatic carbocycles. The van der Waals surface area contributed by atoms with Gasteiger partial charge < -0.3 is 14.7 Å². The van der Waals surface area contributed by atoms with E-state index in [-0.39, 0.29) is 18.6 Å². The maximum absolute atomic E-state index is 11.4. The Balaban J connectivity index is 3.18. The standard InChI is InChI=1S/C13H19NO3/c1-9-5-6-13(17-4)11(7-9)12(8-15)14(3)10(2)16/h5-7,12,15H,8H2,1-4H3. The summed E-state index contributed by atoms with van der Waals surface area (Å²) in [6.45, 7) is 3.31. The Bertz CT molecular complexity index is 404. The lowest BCUT2D eigenvalue weighted by Crippen LogP contribution is -2.31. The van der Waals surface area contributed by atoms with Crippen LogP contribution in [0, 0.1) is 6.92 Å². The van der Waals surface area contributed by atoms with E-state index in [1.807, 2.05) is 25.1 Å². The van der Waals surface area contributed by atoms with Crippen LogP contribution in [0.2, 0.25) is 0 Å². The zero-order chi connectivity index (χ0) is 13.0. The Kier molecular flexibility index (Phi) is 4.52. The summed E-state index contributed by atoms with van der Waals surface area (Å²) in [7, 11) is 3.25. The van der Waals surface area contributed by atoms with Gasteiger partial charge in [-0.3, -0.25) is 4.79 Å². The highest BCUT2D eigenvalue weighted by molar-refractivity contribution is 5.73. The van der Waals surface area contributed by atoms with Crippen molar-refractivity contribution in [3.63, 3.8) is 0 Å². The molecule has 0 aromatic heterocycles. The molecule has 0 saturated carbocycles. The topological polar surface area (TPSA) is 49.8 Å². The third-order valence-electron chi connectivity index (χ3n) is 2.88. The fraction of sp³-hybridized carbons (Fsp3) is 0.462. The molecule has 0 aliphatic heterocycles. The number of carbonyl (C=O) groups is 1. The van der Waals surface area contributed by atoms with E-state index in [2.05, 4.69) is 0 Å². The summed E-state index contributed by atoms with van der Waals surface area (Å²) in [5.41, 5.74) is 1.89. The maximum atomic E-state index is 11.4. The Labute approximate surface area is 102 Å². The predicted molar refractivity (Wildman–Crippen MR) is 66.0 cm³/mol. The van der Waals surface area contributed by atoms with Gasteiger partial charge in [0.15, 0.2) is 0 Å². The average Bonchev–Trinajstić information content (AvgIpc) is 2.30. The van der Waals surface area contributed by atoms with E-state index in [1.54, 1.807) is 14.2 Å². The molecule has 1 aromatic rings. The molecule has 0 radical (unpaired) electrons. The van der Waals surface area contributed by atoms with E-state index in [4.69, 9.17) is 4.74 Å². The Morgan fingerprint density at radius 2 is 2.18 bits per heavy atom. The molecule has 1 rings (SSSR count). The van der Waals surface area contributed by atoms with Crippen molar-refractivity contribution >= 4 is 5.91 Å². The highest BCUT2D eigenvalue weighted by Gasteiger charge is 2.21. The molecule has 0 bridgehead atoms. The number of benzene rings is 1. The SMILES string of the molecule is COc1ccc(C)cc1C(CO)N(C)C(C)=O. The van der Waals surface area contributed by atoms with Gasteiger partial charge in [-0.15, -0.1) is 0 Å². The second-order valence-electron chi connectivity index (χ2n) is 4.07. The van der Waals surface area contributed by atoms with Crippen LogP contribution in [0.3, 0.4) is 0 Å². The first-order valence-electron chi connectivity index (χ1n) is 5.50. The summed E-state index contributed by atoms with van der Waals surface area (Å²) < 4.78 is 5.26. The van der Waals surface area contributed by atoms with Gasteiger partial charge in [-0.05, 0) is 13.0 Å². The number of aryl methyl sites for hydroxylation is 1. The van der Waals surface area contributed by atoms with Crippen LogP contribution in [0.15, 0.2) is 18.2 Å². The van der Waals surface area contributed by atoms with Crippen molar-refractivity contribution in [1.29, 1.82) is 0 Å². The van der Waals surface area contributed by atoms with Gasteiger partial charge in [-0.2, -0.15) is 0 Å². The lowest BCUT2D eigenvalue weighted by molar-refractivity contribution is -0.130. The van der Waals surface area contributed by atoms with Crippen LogP contribution >= 0.6 is 0 Å². The minimum absolute atomic E-state index is 0.0902. The summed E-state index contributed by atoms with van der Waals surface area (Å²) in [5, 5.41) is 9.46. The van der Waals surface area contributed by atoms with Crippen LogP contribution < -0.4 is 4.74 Å². The monoisotopic (exact) mass is 237 g/mol. The molecule has 1 amide bonds. The van der Waals surface area contributed by atoms with E-state index in [0.29, 0.717) is 5.75 Å². The van der Waals surface area contributed by atoms with Crippen LogP contribution in [-0.2, 0) is 4.79 Å². The number of aliphatic hydroxyl groups excluding tert-OH is 1. The molecule has 0 aliphatic rings. The molecule has 0 aliphatic carbocycles. The van der Waals surface area contributed by atoms with Crippen molar-refractivity contribution in [2.24, 2.45) is 0 Å². The van der Waals surface area contributed by atoms with E-state index >= 15 is 0 Å². The molecule has 17 heavy (non-hydrogen) atoms. The highest BCUT2D eigenvalue weighted by atomic mass is 16.5. The van der Waals surface area contributed by atoms with Crippen molar-refractivity contribution in [2.45, 2.75) is 19.9 Å². The zero-order valence-corrected chi connectivity index (χ0v) is 10.7. The second kappa shape index (κ2) is 5.68. The van der Waals surface area contributed by atoms with Crippen molar-refractivity contribution < 1.29 is 14.6 Å². The molecule has 0 saturated heterocycles. The smallest absolute Gasteiger partial charge is 0.219 e. The maximum Gasteiger partial charge on any atom is 0.219 e. The molecular formula is C13H19NO3. The normalized spacial score (nSPS) is 12.1. The molecule has 1 N–H and O–H groups in total. The number of amides is 1. The van der Waals surface area contributed by atoms with Crippen LogP contribution in [-0.4, -0.2) is 36.7 Å². The predicted octanol–water partition coefficient (Wildman–Crippen LogP) is 1.52. The number of methoxy groups -OCH3 is 1. The molecule has 0 fully saturated rings. The van der Waals surface area contributed by atoms with E-state index in [1.165, 1.54) is 11.8 Å². The second-order valence-corrected chi connectivity index (χ2v) is 4.07. The van der Waals surface area contributed by atoms with Gasteiger partial charge in [0.2, 0.25) is 5.91 Å². The Hall–Kier alpha value is -1.55. The lowest BCUT2D eigenvalue weighted by atomic mass is 10.0. The molecule has 4 heteroatoms. The van der Waals surface area contributed by atoms with Gasteiger partial charge in [0, 0.05) is 19.5 Å². The summed E-state index contributed by atoms with van der Waals surface area (Å²) in [6.07, 6.45) is 0. The number of nitrogens with zero attached hydrogens (tertiary/aromatic N) is 1. The number of carbonyl (C=O) groups excluding carboxylic acids is 1.